The van der Waals surface area contributed by atoms with Gasteiger partial charge in [0.1, 0.15) is 11.5 Å². The number of benzene rings is 1. The summed E-state index contributed by atoms with van der Waals surface area (Å²) in [6, 6.07) is 6.17. The highest BCUT2D eigenvalue weighted by atomic mass is 16.5. The quantitative estimate of drug-likeness (QED) is 0.641. The lowest BCUT2D eigenvalue weighted by atomic mass is 9.80. The summed E-state index contributed by atoms with van der Waals surface area (Å²) < 4.78 is 10.8. The highest BCUT2D eigenvalue weighted by Gasteiger charge is 2.43. The first-order valence-electron chi connectivity index (χ1n) is 7.44. The van der Waals surface area contributed by atoms with Crippen LogP contribution in [-0.2, 0) is 0 Å². The van der Waals surface area contributed by atoms with Crippen molar-refractivity contribution < 1.29 is 9.47 Å². The van der Waals surface area contributed by atoms with Crippen LogP contribution in [-0.4, -0.2) is 14.2 Å². The fourth-order valence-electron chi connectivity index (χ4n) is 4.22. The second-order valence-electron chi connectivity index (χ2n) is 6.09. The molecule has 0 heterocycles. The molecule has 20 heavy (non-hydrogen) atoms. The molecule has 4 heteroatoms. The summed E-state index contributed by atoms with van der Waals surface area (Å²) in [7, 11) is 3.37. The Morgan fingerprint density at radius 3 is 2.60 bits per heavy atom. The Bertz CT molecular complexity index is 478. The van der Waals surface area contributed by atoms with Crippen molar-refractivity contribution in [2.24, 2.45) is 23.6 Å². The smallest absolute Gasteiger partial charge is 0.127 e. The van der Waals surface area contributed by atoms with Crippen LogP contribution in [0.5, 0.6) is 11.5 Å². The van der Waals surface area contributed by atoms with Crippen molar-refractivity contribution >= 4 is 0 Å². The van der Waals surface area contributed by atoms with Gasteiger partial charge in [-0.1, -0.05) is 12.5 Å². The van der Waals surface area contributed by atoms with Crippen molar-refractivity contribution in [2.45, 2.75) is 31.7 Å². The SMILES string of the molecule is COc1ccc(C(NN)C2CC3CCC2C3)c(OC)c1. The number of fused-ring (bicyclic) bond motifs is 2. The molecule has 0 amide bonds. The Morgan fingerprint density at radius 2 is 2.05 bits per heavy atom. The standard InChI is InChI=1S/C16H24N2O2/c1-19-12-5-6-13(15(9-12)20-2)16(18-17)14-8-10-3-4-11(14)7-10/h5-6,9-11,14,16,18H,3-4,7-8,17H2,1-2H3. The first kappa shape index (κ1) is 13.7. The molecule has 2 aliphatic rings. The van der Waals surface area contributed by atoms with Crippen molar-refractivity contribution in [2.75, 3.05) is 14.2 Å². The number of hydrogen-bond donors (Lipinski definition) is 2. The minimum Gasteiger partial charge on any atom is -0.497 e. The van der Waals surface area contributed by atoms with Crippen LogP contribution < -0.4 is 20.7 Å². The Balaban J connectivity index is 1.89. The van der Waals surface area contributed by atoms with E-state index in [-0.39, 0.29) is 6.04 Å². The summed E-state index contributed by atoms with van der Waals surface area (Å²) in [4.78, 5) is 0. The lowest BCUT2D eigenvalue weighted by Crippen LogP contribution is -2.36. The highest BCUT2D eigenvalue weighted by Crippen LogP contribution is 2.53. The summed E-state index contributed by atoms with van der Waals surface area (Å²) in [5, 5.41) is 0. The van der Waals surface area contributed by atoms with Crippen LogP contribution in [0.25, 0.3) is 0 Å². The van der Waals surface area contributed by atoms with E-state index in [1.54, 1.807) is 14.2 Å². The summed E-state index contributed by atoms with van der Waals surface area (Å²) in [5.74, 6) is 9.89. The molecule has 2 fully saturated rings. The molecule has 0 radical (unpaired) electrons. The van der Waals surface area contributed by atoms with Crippen molar-refractivity contribution in [3.05, 3.63) is 23.8 Å². The summed E-state index contributed by atoms with van der Waals surface area (Å²) >= 11 is 0. The largest absolute Gasteiger partial charge is 0.497 e. The van der Waals surface area contributed by atoms with Gasteiger partial charge in [0.15, 0.2) is 0 Å². The van der Waals surface area contributed by atoms with Crippen LogP contribution in [0.1, 0.15) is 37.3 Å². The minimum atomic E-state index is 0.172. The van der Waals surface area contributed by atoms with E-state index in [4.69, 9.17) is 15.3 Å². The van der Waals surface area contributed by atoms with Crippen molar-refractivity contribution in [3.63, 3.8) is 0 Å². The van der Waals surface area contributed by atoms with Gasteiger partial charge in [0, 0.05) is 11.6 Å². The van der Waals surface area contributed by atoms with Crippen molar-refractivity contribution in [1.82, 2.24) is 5.43 Å². The van der Waals surface area contributed by atoms with E-state index in [0.717, 1.165) is 28.9 Å². The van der Waals surface area contributed by atoms with E-state index < -0.39 is 0 Å². The zero-order valence-corrected chi connectivity index (χ0v) is 12.3. The van der Waals surface area contributed by atoms with Crippen LogP contribution in [0.3, 0.4) is 0 Å². The molecule has 2 bridgehead atoms. The third-order valence-electron chi connectivity index (χ3n) is 5.18. The highest BCUT2D eigenvalue weighted by molar-refractivity contribution is 5.43. The molecule has 4 atom stereocenters. The van der Waals surface area contributed by atoms with Gasteiger partial charge >= 0.3 is 0 Å². The maximum Gasteiger partial charge on any atom is 0.127 e. The molecule has 4 nitrogen and oxygen atoms in total. The Labute approximate surface area is 120 Å². The average Bonchev–Trinajstić information content (AvgIpc) is 3.11. The number of ether oxygens (including phenoxy) is 2. The van der Waals surface area contributed by atoms with Crippen LogP contribution in [0.15, 0.2) is 18.2 Å². The molecule has 3 N–H and O–H groups in total. The molecular weight excluding hydrogens is 252 g/mol. The van der Waals surface area contributed by atoms with Gasteiger partial charge in [-0.05, 0) is 43.1 Å². The Morgan fingerprint density at radius 1 is 1.20 bits per heavy atom. The third kappa shape index (κ3) is 2.27. The monoisotopic (exact) mass is 276 g/mol. The van der Waals surface area contributed by atoms with Gasteiger partial charge in [-0.15, -0.1) is 0 Å². The first-order chi connectivity index (χ1) is 9.76. The number of hydrazine groups is 1. The molecule has 0 spiro atoms. The van der Waals surface area contributed by atoms with E-state index in [0.29, 0.717) is 5.92 Å². The number of hydrogen-bond acceptors (Lipinski definition) is 4. The van der Waals surface area contributed by atoms with Crippen LogP contribution in [0.2, 0.25) is 0 Å². The Hall–Kier alpha value is -1.26. The van der Waals surface area contributed by atoms with Crippen molar-refractivity contribution in [3.8, 4) is 11.5 Å². The molecule has 1 aromatic rings. The fraction of sp³-hybridized carbons (Fsp3) is 0.625. The van der Waals surface area contributed by atoms with Gasteiger partial charge in [0.05, 0.1) is 20.3 Å². The van der Waals surface area contributed by atoms with Gasteiger partial charge in [0.25, 0.3) is 0 Å². The zero-order chi connectivity index (χ0) is 14.1. The average molecular weight is 276 g/mol. The predicted molar refractivity (Wildman–Crippen MR) is 78.5 cm³/mol. The summed E-state index contributed by atoms with van der Waals surface area (Å²) in [6.07, 6.45) is 5.42. The van der Waals surface area contributed by atoms with E-state index in [9.17, 15) is 0 Å². The second-order valence-corrected chi connectivity index (χ2v) is 6.09. The topological polar surface area (TPSA) is 56.5 Å². The number of nitrogens with two attached hydrogens (primary N) is 1. The third-order valence-corrected chi connectivity index (χ3v) is 5.18. The molecular formula is C16H24N2O2. The molecule has 0 aromatic heterocycles. The van der Waals surface area contributed by atoms with Gasteiger partial charge in [0.2, 0.25) is 0 Å². The lowest BCUT2D eigenvalue weighted by Gasteiger charge is -2.31. The Kier molecular flexibility index (Phi) is 3.85. The van der Waals surface area contributed by atoms with Crippen LogP contribution in [0.4, 0.5) is 0 Å². The van der Waals surface area contributed by atoms with Crippen molar-refractivity contribution in [1.29, 1.82) is 0 Å². The number of rotatable bonds is 5. The maximum atomic E-state index is 5.87. The zero-order valence-electron chi connectivity index (χ0n) is 12.3. The molecule has 0 saturated heterocycles. The van der Waals surface area contributed by atoms with Gasteiger partial charge in [-0.3, -0.25) is 11.3 Å². The normalized spacial score (nSPS) is 29.4. The van der Waals surface area contributed by atoms with E-state index >= 15 is 0 Å². The van der Waals surface area contributed by atoms with E-state index in [2.05, 4.69) is 11.5 Å². The lowest BCUT2D eigenvalue weighted by molar-refractivity contribution is 0.247. The molecule has 3 rings (SSSR count). The fourth-order valence-corrected chi connectivity index (χ4v) is 4.22. The number of methoxy groups -OCH3 is 2. The molecule has 4 unspecified atom stereocenters. The summed E-state index contributed by atoms with van der Waals surface area (Å²) in [6.45, 7) is 0. The summed E-state index contributed by atoms with van der Waals surface area (Å²) in [5.41, 5.74) is 4.18. The molecule has 0 aliphatic heterocycles. The van der Waals surface area contributed by atoms with E-state index in [1.807, 2.05) is 12.1 Å². The van der Waals surface area contributed by atoms with E-state index in [1.165, 1.54) is 25.7 Å². The second kappa shape index (κ2) is 5.62. The van der Waals surface area contributed by atoms with Gasteiger partial charge < -0.3 is 9.47 Å². The van der Waals surface area contributed by atoms with Crippen LogP contribution >= 0.6 is 0 Å². The molecule has 1 aromatic carbocycles. The molecule has 110 valence electrons. The minimum absolute atomic E-state index is 0.172. The number of nitrogens with one attached hydrogen (secondary N) is 1. The molecule has 2 saturated carbocycles. The first-order valence-corrected chi connectivity index (χ1v) is 7.44. The van der Waals surface area contributed by atoms with Gasteiger partial charge in [-0.2, -0.15) is 0 Å². The van der Waals surface area contributed by atoms with Crippen LogP contribution in [0, 0.1) is 17.8 Å². The predicted octanol–water partition coefficient (Wildman–Crippen LogP) is 2.64. The van der Waals surface area contributed by atoms with Gasteiger partial charge in [-0.25, -0.2) is 0 Å². The molecule has 2 aliphatic carbocycles. The maximum absolute atomic E-state index is 5.87.